The third kappa shape index (κ3) is 19.9. The highest BCUT2D eigenvalue weighted by molar-refractivity contribution is 5.39. The molecule has 0 unspecified atom stereocenters. The Morgan fingerprint density at radius 1 is 0.493 bits per heavy atom. The Morgan fingerprint density at radius 3 is 1.22 bits per heavy atom. The molecule has 1 aliphatic carbocycles. The Bertz CT molecular complexity index is 1620. The molecule has 4 saturated heterocycles. The lowest BCUT2D eigenvalue weighted by Crippen LogP contribution is -2.65. The van der Waals surface area contributed by atoms with E-state index in [9.17, 15) is 0 Å². The van der Waals surface area contributed by atoms with Crippen LogP contribution in [-0.2, 0) is 0 Å². The van der Waals surface area contributed by atoms with Gasteiger partial charge in [0.2, 0.25) is 11.9 Å². The van der Waals surface area contributed by atoms with Gasteiger partial charge in [0, 0.05) is 75.9 Å². The first-order chi connectivity index (χ1) is 29.7. The Morgan fingerprint density at radius 2 is 0.841 bits per heavy atom. The van der Waals surface area contributed by atoms with Gasteiger partial charge in [0.15, 0.2) is 0 Å². The Balaban J connectivity index is 0.00000133. The van der Waals surface area contributed by atoms with Crippen LogP contribution in [0, 0.1) is 6.92 Å². The van der Waals surface area contributed by atoms with Gasteiger partial charge in [-0.15, -0.1) is 0 Å². The molecule has 12 heteroatoms. The minimum atomic E-state index is 0. The normalized spacial score (nSPS) is 25.2. The molecule has 0 spiro atoms. The van der Waals surface area contributed by atoms with E-state index in [0.717, 1.165) is 56.7 Å². The van der Waals surface area contributed by atoms with E-state index in [1.54, 1.807) is 0 Å². The fourth-order valence-corrected chi connectivity index (χ4v) is 14.0. The summed E-state index contributed by atoms with van der Waals surface area (Å²) in [6, 6.07) is 2.57. The first kappa shape index (κ1) is 65.3. The molecule has 5 fully saturated rings. The van der Waals surface area contributed by atoms with Crippen LogP contribution in [0.25, 0.3) is 0 Å². The minimum Gasteiger partial charge on any atom is -0.351 e. The standard InChI is InChI=1S/C30H56N8.C23H48N4.4CH4.H2/c1-21-31-25(33-22-14-12-11-13-15-22)34-26(32-21)38(24-18-29(6,7)36-30(8,9)19-24)20-37(10)23-16-27(2,3)35-28(4,5)17-23;1-11-12-27(19-15-22(6,7)25-23(8,9)16-19)17-26(10)18-13-20(2,3)24-21(4,5)14-18;;;;;/h22-24,35-36H,11-20H2,1-10H3,(H,31,32,33,34);18-19,24-25H,11-17H2,1-10H3;4*1H4;1H. The van der Waals surface area contributed by atoms with Crippen LogP contribution in [0.15, 0.2) is 0 Å². The molecular weight excluding hydrogens is 853 g/mol. The van der Waals surface area contributed by atoms with Crippen molar-refractivity contribution in [3.05, 3.63) is 5.82 Å². The molecule has 0 aromatic carbocycles. The van der Waals surface area contributed by atoms with Crippen molar-refractivity contribution in [2.24, 2.45) is 0 Å². The van der Waals surface area contributed by atoms with Crippen molar-refractivity contribution < 1.29 is 1.43 Å². The fraction of sp³-hybridized carbons (Fsp3) is 0.947. The van der Waals surface area contributed by atoms with E-state index in [1.165, 1.54) is 70.8 Å². The number of nitrogens with zero attached hydrogens (tertiary/aromatic N) is 7. The van der Waals surface area contributed by atoms with Crippen LogP contribution in [0.4, 0.5) is 11.9 Å². The number of rotatable bonds is 13. The van der Waals surface area contributed by atoms with E-state index in [0.29, 0.717) is 30.2 Å². The highest BCUT2D eigenvalue weighted by Crippen LogP contribution is 2.37. The van der Waals surface area contributed by atoms with Gasteiger partial charge in [0.1, 0.15) is 5.82 Å². The average Bonchev–Trinajstić information content (AvgIpc) is 3.09. The maximum Gasteiger partial charge on any atom is 0.231 e. The molecule has 0 bridgehead atoms. The second-order valence-electron chi connectivity index (χ2n) is 27.4. The number of anilines is 2. The zero-order chi connectivity index (χ0) is 48.6. The zero-order valence-corrected chi connectivity index (χ0v) is 46.0. The van der Waals surface area contributed by atoms with E-state index >= 15 is 0 Å². The molecule has 1 aromatic heterocycles. The number of hydrogen-bond donors (Lipinski definition) is 5. The van der Waals surface area contributed by atoms with Crippen molar-refractivity contribution in [3.63, 3.8) is 0 Å². The van der Waals surface area contributed by atoms with Crippen molar-refractivity contribution >= 4 is 11.9 Å². The molecule has 410 valence electrons. The zero-order valence-electron chi connectivity index (χ0n) is 46.0. The average molecular weight is 976 g/mol. The molecule has 0 amide bonds. The molecular formula is C57H122N12. The SMILES string of the molecule is C.C.C.C.CCCN(CN(C)C1CC(C)(C)NC(C)(C)C1)C1CC(C)(C)NC(C)(C)C1.Cc1nc(NC2CCCCC2)nc(N(CN(C)C2CC(C)(C)NC(C)(C)C2)C2CC(C)(C)NC(C)(C)C2)n1.[HH]. The molecule has 0 atom stereocenters. The Labute approximate surface area is 431 Å². The van der Waals surface area contributed by atoms with Crippen LogP contribution >= 0.6 is 0 Å². The van der Waals surface area contributed by atoms with Crippen molar-refractivity contribution in [2.75, 3.05) is 44.2 Å². The minimum absolute atomic E-state index is 0. The smallest absolute Gasteiger partial charge is 0.231 e. The first-order valence-corrected chi connectivity index (χ1v) is 26.2. The van der Waals surface area contributed by atoms with Gasteiger partial charge >= 0.3 is 0 Å². The second kappa shape index (κ2) is 24.6. The second-order valence-corrected chi connectivity index (χ2v) is 27.4. The number of nitrogens with one attached hydrogen (secondary N) is 5. The molecule has 1 saturated carbocycles. The number of aryl methyl sites for hydroxylation is 1. The predicted molar refractivity (Wildman–Crippen MR) is 306 cm³/mol. The lowest BCUT2D eigenvalue weighted by atomic mass is 9.78. The van der Waals surface area contributed by atoms with E-state index in [-0.39, 0.29) is 75.4 Å². The number of piperidine rings is 4. The van der Waals surface area contributed by atoms with E-state index in [4.69, 9.17) is 15.0 Å². The summed E-state index contributed by atoms with van der Waals surface area (Å²) in [5, 5.41) is 19.1. The van der Waals surface area contributed by atoms with E-state index in [2.05, 4.69) is 178 Å². The van der Waals surface area contributed by atoms with Crippen molar-refractivity contribution in [1.29, 1.82) is 0 Å². The monoisotopic (exact) mass is 975 g/mol. The van der Waals surface area contributed by atoms with Crippen molar-refractivity contribution in [1.82, 2.24) is 50.9 Å². The van der Waals surface area contributed by atoms with Crippen LogP contribution in [-0.4, -0.2) is 138 Å². The van der Waals surface area contributed by atoms with E-state index < -0.39 is 0 Å². The summed E-state index contributed by atoms with van der Waals surface area (Å²) in [5.41, 5.74) is 1.09. The molecule has 5 heterocycles. The predicted octanol–water partition coefficient (Wildman–Crippen LogP) is 12.2. The summed E-state index contributed by atoms with van der Waals surface area (Å²) in [6.45, 7) is 45.0. The molecule has 69 heavy (non-hydrogen) atoms. The van der Waals surface area contributed by atoms with Crippen molar-refractivity contribution in [3.8, 4) is 0 Å². The van der Waals surface area contributed by atoms with Crippen LogP contribution in [0.5, 0.6) is 0 Å². The Hall–Kier alpha value is -1.67. The number of hydrogen-bond acceptors (Lipinski definition) is 12. The largest absolute Gasteiger partial charge is 0.351 e. The van der Waals surface area contributed by atoms with Gasteiger partial charge in [0.25, 0.3) is 0 Å². The summed E-state index contributed by atoms with van der Waals surface area (Å²) >= 11 is 0. The summed E-state index contributed by atoms with van der Waals surface area (Å²) in [4.78, 5) is 25.2. The van der Waals surface area contributed by atoms with Gasteiger partial charge in [-0.2, -0.15) is 15.0 Å². The van der Waals surface area contributed by atoms with E-state index in [1.807, 2.05) is 6.92 Å². The van der Waals surface area contributed by atoms with Gasteiger partial charge in [-0.1, -0.05) is 55.9 Å². The van der Waals surface area contributed by atoms with Crippen molar-refractivity contribution in [2.45, 2.75) is 319 Å². The topological polar surface area (TPSA) is 112 Å². The lowest BCUT2D eigenvalue weighted by molar-refractivity contribution is 0.00185. The highest BCUT2D eigenvalue weighted by atomic mass is 15.4. The quantitative estimate of drug-likeness (QED) is 0.121. The first-order valence-electron chi connectivity index (χ1n) is 26.2. The molecule has 5 aliphatic rings. The molecule has 1 aromatic rings. The van der Waals surface area contributed by atoms with Crippen LogP contribution in [0.2, 0.25) is 0 Å². The summed E-state index contributed by atoms with van der Waals surface area (Å²) in [7, 11) is 4.64. The molecule has 12 nitrogen and oxygen atoms in total. The van der Waals surface area contributed by atoms with Gasteiger partial charge in [0.05, 0.1) is 13.3 Å². The lowest BCUT2D eigenvalue weighted by Gasteiger charge is -2.52. The Kier molecular flexibility index (Phi) is 23.3. The van der Waals surface area contributed by atoms with Gasteiger partial charge < -0.3 is 31.5 Å². The van der Waals surface area contributed by atoms with Gasteiger partial charge in [-0.25, -0.2) is 0 Å². The number of aromatic nitrogens is 3. The highest BCUT2D eigenvalue weighted by Gasteiger charge is 2.45. The van der Waals surface area contributed by atoms with Gasteiger partial charge in [-0.3, -0.25) is 14.7 Å². The third-order valence-corrected chi connectivity index (χ3v) is 15.1. The summed E-state index contributed by atoms with van der Waals surface area (Å²) in [5.74, 6) is 2.34. The maximum atomic E-state index is 5.09. The summed E-state index contributed by atoms with van der Waals surface area (Å²) in [6.07, 6.45) is 16.8. The summed E-state index contributed by atoms with van der Waals surface area (Å²) < 4.78 is 0. The molecule has 6 rings (SSSR count). The molecule has 0 radical (unpaired) electrons. The third-order valence-electron chi connectivity index (χ3n) is 15.1. The fourth-order valence-electron chi connectivity index (χ4n) is 14.0. The van der Waals surface area contributed by atoms with Crippen LogP contribution in [0.3, 0.4) is 0 Å². The van der Waals surface area contributed by atoms with Crippen LogP contribution < -0.4 is 31.5 Å². The molecule has 5 N–H and O–H groups in total. The van der Waals surface area contributed by atoms with Gasteiger partial charge in [-0.05, 0) is 209 Å². The maximum absolute atomic E-state index is 5.09. The van der Waals surface area contributed by atoms with Crippen LogP contribution in [0.1, 0.15) is 245 Å². The molecule has 4 aliphatic heterocycles.